The molecule has 0 saturated carbocycles. The summed E-state index contributed by atoms with van der Waals surface area (Å²) in [6, 6.07) is 13.2. The Kier molecular flexibility index (Phi) is 3.05. The third kappa shape index (κ3) is 2.19. The van der Waals surface area contributed by atoms with Crippen LogP contribution >= 0.6 is 0 Å². The number of nitrogens with two attached hydrogens (primary N) is 1. The van der Waals surface area contributed by atoms with Crippen molar-refractivity contribution in [3.63, 3.8) is 0 Å². The van der Waals surface area contributed by atoms with E-state index in [1.54, 1.807) is 12.3 Å². The normalized spacial score (nSPS) is 11.7. The Hall–Kier alpha value is -2.88. The maximum Gasteiger partial charge on any atom is 0.249 e. The number of carbonyl (C=O) groups excluding carboxylic acids is 1. The van der Waals surface area contributed by atoms with E-state index in [9.17, 15) is 4.79 Å². The van der Waals surface area contributed by atoms with Crippen molar-refractivity contribution in [2.45, 2.75) is 0 Å². The number of hydrogen-bond acceptors (Lipinski definition) is 2. The molecule has 3 rings (SSSR count). The molecule has 0 spiro atoms. The van der Waals surface area contributed by atoms with Gasteiger partial charge < -0.3 is 10.7 Å². The number of aromatic nitrogens is 2. The van der Waals surface area contributed by atoms with Gasteiger partial charge in [-0.3, -0.25) is 4.79 Å². The maximum absolute atomic E-state index is 11.7. The van der Waals surface area contributed by atoms with E-state index in [1.165, 1.54) is 0 Å². The number of H-pyrrole nitrogens is 1. The number of pyridine rings is 1. The third-order valence-corrected chi connectivity index (χ3v) is 3.13. The topological polar surface area (TPSA) is 71.8 Å². The van der Waals surface area contributed by atoms with Gasteiger partial charge in [-0.05, 0) is 23.8 Å². The van der Waals surface area contributed by atoms with Crippen LogP contribution < -0.4 is 5.73 Å². The zero-order chi connectivity index (χ0) is 13.9. The summed E-state index contributed by atoms with van der Waals surface area (Å²) in [7, 11) is 0. The van der Waals surface area contributed by atoms with Gasteiger partial charge in [-0.15, -0.1) is 0 Å². The molecule has 0 bridgehead atoms. The molecule has 0 fully saturated rings. The van der Waals surface area contributed by atoms with Crippen molar-refractivity contribution in [3.8, 4) is 0 Å². The van der Waals surface area contributed by atoms with Gasteiger partial charge in [-0.25, -0.2) is 4.98 Å². The predicted molar refractivity (Wildman–Crippen MR) is 79.6 cm³/mol. The Balaban J connectivity index is 2.15. The van der Waals surface area contributed by atoms with Gasteiger partial charge in [0.25, 0.3) is 0 Å². The van der Waals surface area contributed by atoms with Crippen molar-refractivity contribution in [1.29, 1.82) is 0 Å². The number of nitrogens with one attached hydrogen (secondary N) is 1. The number of nitrogens with zero attached hydrogens (tertiary/aromatic N) is 1. The lowest BCUT2D eigenvalue weighted by molar-refractivity contribution is -0.112. The highest BCUT2D eigenvalue weighted by atomic mass is 16.1. The fraction of sp³-hybridized carbons (Fsp3) is 0. The first-order valence-electron chi connectivity index (χ1n) is 6.25. The second-order valence-corrected chi connectivity index (χ2v) is 4.43. The zero-order valence-corrected chi connectivity index (χ0v) is 10.7. The molecule has 3 aromatic rings. The summed E-state index contributed by atoms with van der Waals surface area (Å²) in [6.07, 6.45) is 5.33. The van der Waals surface area contributed by atoms with Crippen molar-refractivity contribution in [2.24, 2.45) is 5.73 Å². The number of rotatable bonds is 3. The van der Waals surface area contributed by atoms with Gasteiger partial charge in [0.05, 0.1) is 0 Å². The van der Waals surface area contributed by atoms with Gasteiger partial charge in [0, 0.05) is 28.9 Å². The number of hydrogen-bond donors (Lipinski definition) is 2. The van der Waals surface area contributed by atoms with Crippen LogP contribution in [0.4, 0.5) is 0 Å². The Morgan fingerprint density at radius 3 is 2.70 bits per heavy atom. The highest BCUT2D eigenvalue weighted by Gasteiger charge is 2.10. The number of primary amides is 1. The van der Waals surface area contributed by atoms with Crippen LogP contribution in [0.15, 0.2) is 54.9 Å². The molecule has 2 heterocycles. The fourth-order valence-electron chi connectivity index (χ4n) is 2.17. The predicted octanol–water partition coefficient (Wildman–Crippen LogP) is 2.59. The second kappa shape index (κ2) is 5.01. The molecule has 0 saturated heterocycles. The van der Waals surface area contributed by atoms with E-state index < -0.39 is 5.91 Å². The molecule has 0 radical (unpaired) electrons. The van der Waals surface area contributed by atoms with Gasteiger partial charge >= 0.3 is 0 Å². The van der Waals surface area contributed by atoms with Crippen LogP contribution in [-0.2, 0) is 4.79 Å². The summed E-state index contributed by atoms with van der Waals surface area (Å²) < 4.78 is 0. The van der Waals surface area contributed by atoms with E-state index in [4.69, 9.17) is 5.73 Å². The lowest BCUT2D eigenvalue weighted by Crippen LogP contribution is -2.12. The molecule has 0 aliphatic carbocycles. The van der Waals surface area contributed by atoms with E-state index in [0.717, 1.165) is 22.2 Å². The quantitative estimate of drug-likeness (QED) is 0.713. The van der Waals surface area contributed by atoms with Gasteiger partial charge in [0.15, 0.2) is 0 Å². The Morgan fingerprint density at radius 1 is 1.15 bits per heavy atom. The van der Waals surface area contributed by atoms with Crippen LogP contribution in [0.25, 0.3) is 22.7 Å². The highest BCUT2D eigenvalue weighted by Crippen LogP contribution is 2.22. The second-order valence-electron chi connectivity index (χ2n) is 4.43. The average molecular weight is 263 g/mol. The van der Waals surface area contributed by atoms with Gasteiger partial charge in [0.1, 0.15) is 5.65 Å². The molecular weight excluding hydrogens is 250 g/mol. The smallest absolute Gasteiger partial charge is 0.249 e. The van der Waals surface area contributed by atoms with Crippen molar-refractivity contribution < 1.29 is 4.79 Å². The molecule has 20 heavy (non-hydrogen) atoms. The first kappa shape index (κ1) is 12.2. The molecule has 2 aromatic heterocycles. The largest absolute Gasteiger partial charge is 0.366 e. The Bertz CT molecular complexity index is 788. The maximum atomic E-state index is 11.7. The van der Waals surface area contributed by atoms with Crippen molar-refractivity contribution in [2.75, 3.05) is 0 Å². The molecule has 0 unspecified atom stereocenters. The Labute approximate surface area is 116 Å². The summed E-state index contributed by atoms with van der Waals surface area (Å²) in [4.78, 5) is 19.0. The first-order chi connectivity index (χ1) is 9.75. The van der Waals surface area contributed by atoms with E-state index in [1.807, 2.05) is 48.7 Å². The molecule has 4 heteroatoms. The summed E-state index contributed by atoms with van der Waals surface area (Å²) in [5.74, 6) is -0.450. The molecule has 0 aliphatic rings. The minimum absolute atomic E-state index is 0.450. The Morgan fingerprint density at radius 2 is 1.95 bits per heavy atom. The van der Waals surface area contributed by atoms with Crippen LogP contribution in [0.2, 0.25) is 0 Å². The van der Waals surface area contributed by atoms with Gasteiger partial charge in [-0.1, -0.05) is 30.3 Å². The van der Waals surface area contributed by atoms with Crippen LogP contribution in [-0.4, -0.2) is 15.9 Å². The van der Waals surface area contributed by atoms with E-state index in [0.29, 0.717) is 5.57 Å². The monoisotopic (exact) mass is 263 g/mol. The van der Waals surface area contributed by atoms with Crippen molar-refractivity contribution >= 4 is 28.6 Å². The molecule has 4 nitrogen and oxygen atoms in total. The number of carbonyl (C=O) groups is 1. The molecular formula is C16H13N3O. The minimum Gasteiger partial charge on any atom is -0.366 e. The van der Waals surface area contributed by atoms with Crippen LogP contribution in [0, 0.1) is 0 Å². The van der Waals surface area contributed by atoms with E-state index in [2.05, 4.69) is 9.97 Å². The van der Waals surface area contributed by atoms with Crippen LogP contribution in [0.1, 0.15) is 11.1 Å². The van der Waals surface area contributed by atoms with Crippen molar-refractivity contribution in [1.82, 2.24) is 9.97 Å². The molecule has 1 amide bonds. The van der Waals surface area contributed by atoms with E-state index in [-0.39, 0.29) is 0 Å². The zero-order valence-electron chi connectivity index (χ0n) is 10.7. The first-order valence-corrected chi connectivity index (χ1v) is 6.25. The molecule has 1 aromatic carbocycles. The average Bonchev–Trinajstić information content (AvgIpc) is 2.88. The van der Waals surface area contributed by atoms with Gasteiger partial charge in [0.2, 0.25) is 5.91 Å². The molecule has 0 aliphatic heterocycles. The summed E-state index contributed by atoms with van der Waals surface area (Å²) in [5.41, 5.74) is 8.46. The van der Waals surface area contributed by atoms with Crippen LogP contribution in [0.3, 0.4) is 0 Å². The fourth-order valence-corrected chi connectivity index (χ4v) is 2.17. The molecule has 0 atom stereocenters. The number of fused-ring (bicyclic) bond motifs is 1. The summed E-state index contributed by atoms with van der Waals surface area (Å²) in [5, 5.41) is 0.960. The number of benzene rings is 1. The highest BCUT2D eigenvalue weighted by molar-refractivity contribution is 6.24. The van der Waals surface area contributed by atoms with Crippen LogP contribution in [0.5, 0.6) is 0 Å². The van der Waals surface area contributed by atoms with Crippen molar-refractivity contribution in [3.05, 3.63) is 66.0 Å². The SMILES string of the molecule is NC(=O)/C(=C/c1c[nH]c2ncccc12)c1ccccc1. The van der Waals surface area contributed by atoms with Gasteiger partial charge in [-0.2, -0.15) is 0 Å². The summed E-state index contributed by atoms with van der Waals surface area (Å²) in [6.45, 7) is 0. The molecule has 3 N–H and O–H groups in total. The number of amides is 1. The number of aromatic amines is 1. The third-order valence-electron chi connectivity index (χ3n) is 3.13. The molecule has 98 valence electrons. The minimum atomic E-state index is -0.450. The standard InChI is InChI=1S/C16H13N3O/c17-15(20)14(11-5-2-1-3-6-11)9-12-10-19-16-13(12)7-4-8-18-16/h1-10H,(H2,17,20)(H,18,19)/b14-9+. The lowest BCUT2D eigenvalue weighted by Gasteiger charge is -2.03. The summed E-state index contributed by atoms with van der Waals surface area (Å²) >= 11 is 0. The van der Waals surface area contributed by atoms with E-state index >= 15 is 0 Å². The lowest BCUT2D eigenvalue weighted by atomic mass is 10.0.